The van der Waals surface area contributed by atoms with Crippen LogP contribution in [-0.4, -0.2) is 39.0 Å². The third-order valence-corrected chi connectivity index (χ3v) is 5.49. The number of ether oxygens (including phenoxy) is 3. The second-order valence-electron chi connectivity index (χ2n) is 8.50. The molecule has 0 aromatic heterocycles. The fourth-order valence-electron chi connectivity index (χ4n) is 3.53. The number of carbonyl (C=O) groups is 1. The van der Waals surface area contributed by atoms with Crippen molar-refractivity contribution < 1.29 is 19.0 Å². The molecule has 0 spiro atoms. The van der Waals surface area contributed by atoms with Crippen molar-refractivity contribution in [3.8, 4) is 0 Å². The van der Waals surface area contributed by atoms with Crippen LogP contribution < -0.4 is 0 Å². The van der Waals surface area contributed by atoms with Gasteiger partial charge in [-0.05, 0) is 12.8 Å². The van der Waals surface area contributed by atoms with Crippen molar-refractivity contribution in [3.63, 3.8) is 0 Å². The summed E-state index contributed by atoms with van der Waals surface area (Å²) in [4.78, 5) is 11.7. The van der Waals surface area contributed by atoms with Gasteiger partial charge in [0.15, 0.2) is 0 Å². The number of hydrogen-bond acceptors (Lipinski definition) is 4. The van der Waals surface area contributed by atoms with E-state index in [4.69, 9.17) is 14.2 Å². The van der Waals surface area contributed by atoms with E-state index in [1.54, 1.807) is 0 Å². The third kappa shape index (κ3) is 25.4. The maximum atomic E-state index is 11.7. The number of hydrogen-bond donors (Lipinski definition) is 0. The van der Waals surface area contributed by atoms with Crippen LogP contribution in [0.5, 0.6) is 0 Å². The summed E-state index contributed by atoms with van der Waals surface area (Å²) in [6, 6.07) is 0. The van der Waals surface area contributed by atoms with Crippen LogP contribution in [0.3, 0.4) is 0 Å². The second-order valence-corrected chi connectivity index (χ2v) is 8.50. The lowest BCUT2D eigenvalue weighted by molar-refractivity contribution is -0.145. The summed E-state index contributed by atoms with van der Waals surface area (Å²) < 4.78 is 16.2. The van der Waals surface area contributed by atoms with Gasteiger partial charge in [0.25, 0.3) is 0 Å². The molecule has 0 unspecified atom stereocenters. The standard InChI is InChI=1S/C26H52O4/c1-3-5-7-9-10-11-12-13-14-15-16-17-18-20-26(27)30-25-24-29-23-22-28-21-19-8-6-4-2/h3-25H2,1-2H3. The first-order chi connectivity index (χ1) is 14.8. The van der Waals surface area contributed by atoms with Crippen LogP contribution in [0.1, 0.15) is 129 Å². The molecule has 0 aliphatic rings. The van der Waals surface area contributed by atoms with E-state index < -0.39 is 0 Å². The summed E-state index contributed by atoms with van der Waals surface area (Å²) in [7, 11) is 0. The molecule has 30 heavy (non-hydrogen) atoms. The normalized spacial score (nSPS) is 11.1. The molecule has 180 valence electrons. The fourth-order valence-corrected chi connectivity index (χ4v) is 3.53. The van der Waals surface area contributed by atoms with Gasteiger partial charge in [0.2, 0.25) is 0 Å². The summed E-state index contributed by atoms with van der Waals surface area (Å²) in [6.07, 6.45) is 22.6. The number of carbonyl (C=O) groups excluding carboxylic acids is 1. The van der Waals surface area contributed by atoms with E-state index in [2.05, 4.69) is 13.8 Å². The summed E-state index contributed by atoms with van der Waals surface area (Å²) in [5, 5.41) is 0. The monoisotopic (exact) mass is 428 g/mol. The van der Waals surface area contributed by atoms with E-state index >= 15 is 0 Å². The molecule has 0 heterocycles. The minimum absolute atomic E-state index is 0.0890. The molecular weight excluding hydrogens is 376 g/mol. The Labute approximate surface area is 187 Å². The minimum Gasteiger partial charge on any atom is -0.463 e. The quantitative estimate of drug-likeness (QED) is 0.111. The van der Waals surface area contributed by atoms with E-state index in [0.717, 1.165) is 25.9 Å². The van der Waals surface area contributed by atoms with E-state index in [1.165, 1.54) is 89.9 Å². The first-order valence-corrected chi connectivity index (χ1v) is 13.1. The van der Waals surface area contributed by atoms with Gasteiger partial charge in [0.1, 0.15) is 6.61 Å². The van der Waals surface area contributed by atoms with Gasteiger partial charge in [-0.2, -0.15) is 0 Å². The molecule has 0 amide bonds. The fraction of sp³-hybridized carbons (Fsp3) is 0.962. The van der Waals surface area contributed by atoms with Gasteiger partial charge in [0, 0.05) is 13.0 Å². The largest absolute Gasteiger partial charge is 0.463 e. The third-order valence-electron chi connectivity index (χ3n) is 5.49. The van der Waals surface area contributed by atoms with Crippen molar-refractivity contribution in [2.45, 2.75) is 129 Å². The van der Waals surface area contributed by atoms with Crippen LogP contribution in [0.15, 0.2) is 0 Å². The Kier molecular flexibility index (Phi) is 25.9. The predicted octanol–water partition coefficient (Wildman–Crippen LogP) is 7.62. The van der Waals surface area contributed by atoms with Crippen molar-refractivity contribution in [1.82, 2.24) is 0 Å². The molecule has 0 bridgehead atoms. The molecular formula is C26H52O4. The van der Waals surface area contributed by atoms with Gasteiger partial charge >= 0.3 is 5.97 Å². The molecule has 0 fully saturated rings. The van der Waals surface area contributed by atoms with E-state index in [9.17, 15) is 4.79 Å². The first-order valence-electron chi connectivity index (χ1n) is 13.1. The molecule has 0 aromatic carbocycles. The Bertz CT molecular complexity index is 333. The van der Waals surface area contributed by atoms with Crippen molar-refractivity contribution in [3.05, 3.63) is 0 Å². The average Bonchev–Trinajstić information content (AvgIpc) is 2.75. The van der Waals surface area contributed by atoms with Gasteiger partial charge in [-0.15, -0.1) is 0 Å². The second kappa shape index (κ2) is 26.4. The predicted molar refractivity (Wildman–Crippen MR) is 127 cm³/mol. The molecule has 0 aromatic rings. The zero-order valence-electron chi connectivity index (χ0n) is 20.4. The van der Waals surface area contributed by atoms with Crippen molar-refractivity contribution in [1.29, 1.82) is 0 Å². The molecule has 0 rings (SSSR count). The highest BCUT2D eigenvalue weighted by molar-refractivity contribution is 5.69. The minimum atomic E-state index is -0.0890. The molecule has 0 saturated heterocycles. The van der Waals surface area contributed by atoms with E-state index in [0.29, 0.717) is 32.8 Å². The van der Waals surface area contributed by atoms with Crippen LogP contribution in [0, 0.1) is 0 Å². The highest BCUT2D eigenvalue weighted by Gasteiger charge is 2.02. The number of esters is 1. The SMILES string of the molecule is CCCCCCCCCCCCCCCC(=O)OCCOCCOCCCCCC. The maximum absolute atomic E-state index is 11.7. The Balaban J connectivity index is 3.13. The van der Waals surface area contributed by atoms with Gasteiger partial charge in [0.05, 0.1) is 19.8 Å². The molecule has 0 N–H and O–H groups in total. The molecule has 0 aliphatic heterocycles. The van der Waals surface area contributed by atoms with Crippen molar-refractivity contribution >= 4 is 5.97 Å². The first kappa shape index (κ1) is 29.4. The van der Waals surface area contributed by atoms with E-state index in [1.807, 2.05) is 0 Å². The van der Waals surface area contributed by atoms with Crippen molar-refractivity contribution in [2.24, 2.45) is 0 Å². The lowest BCUT2D eigenvalue weighted by Crippen LogP contribution is -2.13. The lowest BCUT2D eigenvalue weighted by atomic mass is 10.0. The summed E-state index contributed by atoms with van der Waals surface area (Å²) in [6.45, 7) is 7.31. The number of rotatable bonds is 25. The molecule has 4 nitrogen and oxygen atoms in total. The van der Waals surface area contributed by atoms with Crippen LogP contribution in [0.4, 0.5) is 0 Å². The van der Waals surface area contributed by atoms with Crippen molar-refractivity contribution in [2.75, 3.05) is 33.0 Å². The topological polar surface area (TPSA) is 44.8 Å². The van der Waals surface area contributed by atoms with E-state index in [-0.39, 0.29) is 5.97 Å². The highest BCUT2D eigenvalue weighted by Crippen LogP contribution is 2.13. The lowest BCUT2D eigenvalue weighted by Gasteiger charge is -2.07. The van der Waals surface area contributed by atoms with Crippen LogP contribution in [-0.2, 0) is 19.0 Å². The number of unbranched alkanes of at least 4 members (excludes halogenated alkanes) is 15. The maximum Gasteiger partial charge on any atom is 0.305 e. The smallest absolute Gasteiger partial charge is 0.305 e. The summed E-state index contributed by atoms with van der Waals surface area (Å²) >= 11 is 0. The Morgan fingerprint density at radius 1 is 0.467 bits per heavy atom. The van der Waals surface area contributed by atoms with Crippen LogP contribution >= 0.6 is 0 Å². The zero-order valence-corrected chi connectivity index (χ0v) is 20.4. The Morgan fingerprint density at radius 3 is 1.40 bits per heavy atom. The molecule has 0 atom stereocenters. The highest BCUT2D eigenvalue weighted by atomic mass is 16.6. The molecule has 0 radical (unpaired) electrons. The molecule has 0 saturated carbocycles. The van der Waals surface area contributed by atoms with Gasteiger partial charge in [-0.1, -0.05) is 110 Å². The Hall–Kier alpha value is -0.610. The Morgan fingerprint density at radius 2 is 0.867 bits per heavy atom. The van der Waals surface area contributed by atoms with Crippen LogP contribution in [0.25, 0.3) is 0 Å². The average molecular weight is 429 g/mol. The summed E-state index contributed by atoms with van der Waals surface area (Å²) in [5.41, 5.74) is 0. The summed E-state index contributed by atoms with van der Waals surface area (Å²) in [5.74, 6) is -0.0890. The van der Waals surface area contributed by atoms with Crippen LogP contribution in [0.2, 0.25) is 0 Å². The molecule has 0 aliphatic carbocycles. The van der Waals surface area contributed by atoms with Gasteiger partial charge in [-0.25, -0.2) is 0 Å². The van der Waals surface area contributed by atoms with Gasteiger partial charge < -0.3 is 14.2 Å². The zero-order chi connectivity index (χ0) is 22.0. The molecule has 4 heteroatoms. The van der Waals surface area contributed by atoms with Gasteiger partial charge in [-0.3, -0.25) is 4.79 Å².